The summed E-state index contributed by atoms with van der Waals surface area (Å²) in [5, 5.41) is 4.06. The average molecular weight is 304 g/mol. The van der Waals surface area contributed by atoms with E-state index in [0.717, 1.165) is 36.4 Å². The summed E-state index contributed by atoms with van der Waals surface area (Å²) < 4.78 is 5.77. The van der Waals surface area contributed by atoms with Crippen LogP contribution in [-0.4, -0.2) is 6.54 Å². The first-order valence-corrected chi connectivity index (χ1v) is 7.74. The second-order valence-electron chi connectivity index (χ2n) is 5.22. The van der Waals surface area contributed by atoms with Crippen molar-refractivity contribution in [2.45, 2.75) is 33.4 Å². The molecule has 0 bridgehead atoms. The fraction of sp³-hybridized carbons (Fsp3) is 0.333. The summed E-state index contributed by atoms with van der Waals surface area (Å²) in [7, 11) is 0. The molecule has 1 N–H and O–H groups in total. The van der Waals surface area contributed by atoms with Crippen molar-refractivity contribution in [2.75, 3.05) is 6.54 Å². The monoisotopic (exact) mass is 303 g/mol. The summed E-state index contributed by atoms with van der Waals surface area (Å²) in [6, 6.07) is 14.3. The molecule has 0 aromatic heterocycles. The second kappa shape index (κ2) is 8.06. The summed E-state index contributed by atoms with van der Waals surface area (Å²) >= 11 is 6.16. The molecule has 0 saturated carbocycles. The lowest BCUT2D eigenvalue weighted by molar-refractivity contribution is 0.306. The maximum Gasteiger partial charge on any atom is 0.138 e. The van der Waals surface area contributed by atoms with Crippen LogP contribution in [0.2, 0.25) is 5.02 Å². The molecule has 0 fully saturated rings. The summed E-state index contributed by atoms with van der Waals surface area (Å²) in [5.41, 5.74) is 3.57. The minimum absolute atomic E-state index is 0.533. The SMILES string of the molecule is CCCNCc1ccc(COc2ccc(C)cc2Cl)cc1. The molecule has 0 spiro atoms. The van der Waals surface area contributed by atoms with Crippen LogP contribution in [0.3, 0.4) is 0 Å². The topological polar surface area (TPSA) is 21.3 Å². The van der Waals surface area contributed by atoms with Gasteiger partial charge in [-0.15, -0.1) is 0 Å². The molecule has 0 aliphatic rings. The number of hydrogen-bond donors (Lipinski definition) is 1. The third kappa shape index (κ3) is 5.07. The number of halogens is 1. The fourth-order valence-corrected chi connectivity index (χ4v) is 2.34. The minimum atomic E-state index is 0.533. The Labute approximate surface area is 132 Å². The van der Waals surface area contributed by atoms with Crippen molar-refractivity contribution in [3.05, 3.63) is 64.2 Å². The van der Waals surface area contributed by atoms with E-state index in [1.807, 2.05) is 25.1 Å². The Hall–Kier alpha value is -1.51. The van der Waals surface area contributed by atoms with Gasteiger partial charge in [0.05, 0.1) is 5.02 Å². The smallest absolute Gasteiger partial charge is 0.138 e. The highest BCUT2D eigenvalue weighted by molar-refractivity contribution is 6.32. The Morgan fingerprint density at radius 2 is 1.76 bits per heavy atom. The molecule has 112 valence electrons. The maximum atomic E-state index is 6.16. The lowest BCUT2D eigenvalue weighted by atomic mass is 10.1. The molecular formula is C18H22ClNO. The van der Waals surface area contributed by atoms with Crippen LogP contribution in [0.25, 0.3) is 0 Å². The largest absolute Gasteiger partial charge is 0.487 e. The van der Waals surface area contributed by atoms with E-state index in [2.05, 4.69) is 36.5 Å². The Bertz CT molecular complexity index is 566. The molecule has 3 heteroatoms. The molecule has 0 unspecified atom stereocenters. The van der Waals surface area contributed by atoms with E-state index in [4.69, 9.17) is 16.3 Å². The molecule has 0 aliphatic carbocycles. The zero-order chi connectivity index (χ0) is 15.1. The average Bonchev–Trinajstić information content (AvgIpc) is 2.48. The summed E-state index contributed by atoms with van der Waals surface area (Å²) in [6.45, 7) is 6.69. The van der Waals surface area contributed by atoms with Crippen molar-refractivity contribution in [1.82, 2.24) is 5.32 Å². The number of ether oxygens (including phenoxy) is 1. The predicted molar refractivity (Wildman–Crippen MR) is 89.0 cm³/mol. The first kappa shape index (κ1) is 15.9. The number of rotatable bonds is 7. The van der Waals surface area contributed by atoms with E-state index in [9.17, 15) is 0 Å². The second-order valence-corrected chi connectivity index (χ2v) is 5.62. The highest BCUT2D eigenvalue weighted by atomic mass is 35.5. The molecule has 2 rings (SSSR count). The van der Waals surface area contributed by atoms with Crippen LogP contribution in [0.1, 0.15) is 30.0 Å². The summed E-state index contributed by atoms with van der Waals surface area (Å²) in [4.78, 5) is 0. The van der Waals surface area contributed by atoms with Gasteiger partial charge < -0.3 is 10.1 Å². The van der Waals surface area contributed by atoms with Crippen LogP contribution < -0.4 is 10.1 Å². The van der Waals surface area contributed by atoms with Crippen LogP contribution in [0, 0.1) is 6.92 Å². The molecule has 0 aliphatic heterocycles. The van der Waals surface area contributed by atoms with E-state index in [0.29, 0.717) is 11.6 Å². The van der Waals surface area contributed by atoms with Crippen LogP contribution in [0.4, 0.5) is 0 Å². The predicted octanol–water partition coefficient (Wildman–Crippen LogP) is 4.73. The number of nitrogens with one attached hydrogen (secondary N) is 1. The third-order valence-electron chi connectivity index (χ3n) is 3.26. The Morgan fingerprint density at radius 1 is 1.05 bits per heavy atom. The summed E-state index contributed by atoms with van der Waals surface area (Å²) in [6.07, 6.45) is 1.16. The van der Waals surface area contributed by atoms with Crippen molar-refractivity contribution in [3.63, 3.8) is 0 Å². The summed E-state index contributed by atoms with van der Waals surface area (Å²) in [5.74, 6) is 0.732. The molecule has 0 heterocycles. The van der Waals surface area contributed by atoms with Crippen molar-refractivity contribution >= 4 is 11.6 Å². The lowest BCUT2D eigenvalue weighted by Gasteiger charge is -2.09. The fourth-order valence-electron chi connectivity index (χ4n) is 2.05. The van der Waals surface area contributed by atoms with Gasteiger partial charge in [-0.1, -0.05) is 48.9 Å². The van der Waals surface area contributed by atoms with E-state index in [1.165, 1.54) is 5.56 Å². The highest BCUT2D eigenvalue weighted by Crippen LogP contribution is 2.25. The zero-order valence-corrected chi connectivity index (χ0v) is 13.4. The molecule has 21 heavy (non-hydrogen) atoms. The first-order valence-electron chi connectivity index (χ1n) is 7.36. The molecule has 2 nitrogen and oxygen atoms in total. The van der Waals surface area contributed by atoms with Gasteiger partial charge in [0, 0.05) is 6.54 Å². The van der Waals surface area contributed by atoms with Crippen molar-refractivity contribution in [3.8, 4) is 5.75 Å². The third-order valence-corrected chi connectivity index (χ3v) is 3.56. The van der Waals surface area contributed by atoms with Crippen LogP contribution in [0.5, 0.6) is 5.75 Å². The van der Waals surface area contributed by atoms with Crippen molar-refractivity contribution in [2.24, 2.45) is 0 Å². The molecular weight excluding hydrogens is 282 g/mol. The zero-order valence-electron chi connectivity index (χ0n) is 12.7. The number of hydrogen-bond acceptors (Lipinski definition) is 2. The van der Waals surface area contributed by atoms with Gasteiger partial charge in [-0.2, -0.15) is 0 Å². The van der Waals surface area contributed by atoms with Gasteiger partial charge in [0.25, 0.3) is 0 Å². The van der Waals surface area contributed by atoms with Gasteiger partial charge in [0.15, 0.2) is 0 Å². The van der Waals surface area contributed by atoms with Gasteiger partial charge >= 0.3 is 0 Å². The van der Waals surface area contributed by atoms with Gasteiger partial charge in [-0.25, -0.2) is 0 Å². The van der Waals surface area contributed by atoms with Gasteiger partial charge in [0.1, 0.15) is 12.4 Å². The standard InChI is InChI=1S/C18H22ClNO/c1-3-10-20-12-15-5-7-16(8-6-15)13-21-18-9-4-14(2)11-17(18)19/h4-9,11,20H,3,10,12-13H2,1-2H3. The molecule has 0 amide bonds. The van der Waals surface area contributed by atoms with E-state index in [1.54, 1.807) is 0 Å². The van der Waals surface area contributed by atoms with Crippen molar-refractivity contribution < 1.29 is 4.74 Å². The van der Waals surface area contributed by atoms with Gasteiger partial charge in [0.2, 0.25) is 0 Å². The molecule has 0 saturated heterocycles. The molecule has 2 aromatic carbocycles. The van der Waals surface area contributed by atoms with E-state index >= 15 is 0 Å². The normalized spacial score (nSPS) is 10.6. The van der Waals surface area contributed by atoms with E-state index < -0.39 is 0 Å². The number of aryl methyl sites for hydroxylation is 1. The minimum Gasteiger partial charge on any atom is -0.487 e. The lowest BCUT2D eigenvalue weighted by Crippen LogP contribution is -2.13. The molecule has 2 aromatic rings. The Balaban J connectivity index is 1.88. The quantitative estimate of drug-likeness (QED) is 0.747. The van der Waals surface area contributed by atoms with Gasteiger partial charge in [-0.05, 0) is 48.7 Å². The van der Waals surface area contributed by atoms with Crippen molar-refractivity contribution in [1.29, 1.82) is 0 Å². The molecule has 0 atom stereocenters. The van der Waals surface area contributed by atoms with Crippen LogP contribution in [-0.2, 0) is 13.2 Å². The maximum absolute atomic E-state index is 6.16. The van der Waals surface area contributed by atoms with E-state index in [-0.39, 0.29) is 0 Å². The number of benzene rings is 2. The Kier molecular flexibility index (Phi) is 6.09. The van der Waals surface area contributed by atoms with Crippen LogP contribution in [0.15, 0.2) is 42.5 Å². The van der Waals surface area contributed by atoms with Crippen LogP contribution >= 0.6 is 11.6 Å². The highest BCUT2D eigenvalue weighted by Gasteiger charge is 2.02. The molecule has 0 radical (unpaired) electrons. The van der Waals surface area contributed by atoms with Gasteiger partial charge in [-0.3, -0.25) is 0 Å². The first-order chi connectivity index (χ1) is 10.2. The Morgan fingerprint density at radius 3 is 2.43 bits per heavy atom.